The van der Waals surface area contributed by atoms with Crippen LogP contribution in [0.1, 0.15) is 28.4 Å². The molecule has 1 heterocycles. The second-order valence-corrected chi connectivity index (χ2v) is 8.44. The molecule has 0 radical (unpaired) electrons. The Bertz CT molecular complexity index is 1290. The van der Waals surface area contributed by atoms with Gasteiger partial charge in [0.2, 0.25) is 0 Å². The van der Waals surface area contributed by atoms with Crippen LogP contribution in [0, 0.1) is 11.6 Å². The Morgan fingerprint density at radius 3 is 2.72 bits per heavy atom. The number of carbonyl (C=O) groups excluding carboxylic acids is 1. The van der Waals surface area contributed by atoms with Crippen LogP contribution in [-0.4, -0.2) is 22.1 Å². The van der Waals surface area contributed by atoms with Crippen LogP contribution in [-0.2, 0) is 17.0 Å². The van der Waals surface area contributed by atoms with Gasteiger partial charge in [-0.05, 0) is 60.5 Å². The quantitative estimate of drug-likeness (QED) is 0.228. The van der Waals surface area contributed by atoms with Crippen LogP contribution in [0.3, 0.4) is 0 Å². The number of hydrogen-bond donors (Lipinski definition) is 0. The average Bonchev–Trinajstić information content (AvgIpc) is 3.10. The fourth-order valence-electron chi connectivity index (χ4n) is 3.31. The van der Waals surface area contributed by atoms with Crippen LogP contribution in [0.4, 0.5) is 8.78 Å². The van der Waals surface area contributed by atoms with E-state index >= 15 is 0 Å². The molecule has 32 heavy (non-hydrogen) atoms. The van der Waals surface area contributed by atoms with Crippen molar-refractivity contribution in [2.24, 2.45) is 0 Å². The number of benzene rings is 3. The van der Waals surface area contributed by atoms with Gasteiger partial charge >= 0.3 is 5.97 Å². The van der Waals surface area contributed by atoms with Gasteiger partial charge in [-0.25, -0.2) is 18.6 Å². The van der Waals surface area contributed by atoms with Crippen LogP contribution in [0.15, 0.2) is 65.8 Å². The number of ether oxygens (including phenoxy) is 1. The van der Waals surface area contributed by atoms with E-state index in [1.807, 2.05) is 10.6 Å². The molecule has 0 aliphatic carbocycles. The van der Waals surface area contributed by atoms with E-state index < -0.39 is 5.97 Å². The highest BCUT2D eigenvalue weighted by Gasteiger charge is 2.16. The molecule has 0 amide bonds. The molecule has 164 valence electrons. The van der Waals surface area contributed by atoms with E-state index in [2.05, 4.69) is 4.98 Å². The average molecular weight is 473 g/mol. The molecular formula is C24H19ClF2N2O2S. The van der Waals surface area contributed by atoms with Crippen molar-refractivity contribution in [3.63, 3.8) is 0 Å². The van der Waals surface area contributed by atoms with Crippen LogP contribution in [0.5, 0.6) is 0 Å². The number of carbonyl (C=O) groups is 1. The molecule has 4 rings (SSSR count). The molecule has 0 aliphatic rings. The summed E-state index contributed by atoms with van der Waals surface area (Å²) in [5.41, 5.74) is 3.04. The van der Waals surface area contributed by atoms with E-state index in [9.17, 15) is 13.6 Å². The summed E-state index contributed by atoms with van der Waals surface area (Å²) in [5.74, 6) is -0.803. The van der Waals surface area contributed by atoms with Crippen molar-refractivity contribution in [2.75, 3.05) is 6.61 Å². The first-order chi connectivity index (χ1) is 15.4. The summed E-state index contributed by atoms with van der Waals surface area (Å²) in [6.45, 7) is 2.39. The van der Waals surface area contributed by atoms with Gasteiger partial charge in [-0.3, -0.25) is 0 Å². The number of esters is 1. The van der Waals surface area contributed by atoms with Crippen molar-refractivity contribution in [3.05, 3.63) is 94.0 Å². The fraction of sp³-hybridized carbons (Fsp3) is 0.167. The summed E-state index contributed by atoms with van der Waals surface area (Å²) in [6, 6.07) is 16.0. The highest BCUT2D eigenvalue weighted by atomic mass is 35.5. The van der Waals surface area contributed by atoms with Crippen molar-refractivity contribution in [2.45, 2.75) is 24.4 Å². The molecular weight excluding hydrogens is 454 g/mol. The largest absolute Gasteiger partial charge is 0.462 e. The first kappa shape index (κ1) is 22.3. The zero-order valence-electron chi connectivity index (χ0n) is 17.1. The van der Waals surface area contributed by atoms with Crippen molar-refractivity contribution in [1.29, 1.82) is 0 Å². The van der Waals surface area contributed by atoms with Gasteiger partial charge in [0, 0.05) is 10.8 Å². The van der Waals surface area contributed by atoms with E-state index in [0.29, 0.717) is 39.1 Å². The van der Waals surface area contributed by atoms with E-state index in [-0.39, 0.29) is 18.2 Å². The molecule has 0 atom stereocenters. The molecule has 0 saturated carbocycles. The Morgan fingerprint density at radius 1 is 1.12 bits per heavy atom. The molecule has 0 unspecified atom stereocenters. The standard InChI is InChI=1S/C24H19ClF2N2O2S/c1-2-31-23(30)16-7-9-22-21(11-16)28-24(29(22)13-15-4-3-5-19(26)10-15)32-14-17-6-8-18(25)12-20(17)27/h3-12H,2,13-14H2,1H3. The molecule has 0 spiro atoms. The van der Waals surface area contributed by atoms with Crippen molar-refractivity contribution < 1.29 is 18.3 Å². The van der Waals surface area contributed by atoms with Crippen LogP contribution < -0.4 is 0 Å². The smallest absolute Gasteiger partial charge is 0.338 e. The Labute approximate surface area is 193 Å². The van der Waals surface area contributed by atoms with Gasteiger partial charge in [-0.2, -0.15) is 0 Å². The minimum atomic E-state index is -0.425. The first-order valence-corrected chi connectivity index (χ1v) is 11.3. The lowest BCUT2D eigenvalue weighted by atomic mass is 10.2. The Balaban J connectivity index is 1.71. The summed E-state index contributed by atoms with van der Waals surface area (Å²) < 4.78 is 35.0. The van der Waals surface area contributed by atoms with E-state index in [1.54, 1.807) is 43.3 Å². The van der Waals surface area contributed by atoms with Crippen LogP contribution in [0.25, 0.3) is 11.0 Å². The lowest BCUT2D eigenvalue weighted by molar-refractivity contribution is 0.0526. The van der Waals surface area contributed by atoms with Gasteiger partial charge in [0.25, 0.3) is 0 Å². The minimum absolute atomic E-state index is 0.276. The van der Waals surface area contributed by atoms with E-state index in [1.165, 1.54) is 30.0 Å². The van der Waals surface area contributed by atoms with Crippen molar-refractivity contribution >= 4 is 40.4 Å². The van der Waals surface area contributed by atoms with Gasteiger partial charge in [0.1, 0.15) is 11.6 Å². The Kier molecular flexibility index (Phi) is 6.77. The highest BCUT2D eigenvalue weighted by molar-refractivity contribution is 7.98. The first-order valence-electron chi connectivity index (χ1n) is 9.93. The van der Waals surface area contributed by atoms with E-state index in [4.69, 9.17) is 16.3 Å². The lowest BCUT2D eigenvalue weighted by Crippen LogP contribution is -2.05. The van der Waals surface area contributed by atoms with Crippen molar-refractivity contribution in [3.8, 4) is 0 Å². The number of aromatic nitrogens is 2. The number of halogens is 3. The Morgan fingerprint density at radius 2 is 1.97 bits per heavy atom. The second kappa shape index (κ2) is 9.71. The number of nitrogens with zero attached hydrogens (tertiary/aromatic N) is 2. The predicted molar refractivity (Wildman–Crippen MR) is 122 cm³/mol. The number of hydrogen-bond acceptors (Lipinski definition) is 4. The molecule has 8 heteroatoms. The Hall–Kier alpha value is -2.90. The molecule has 0 N–H and O–H groups in total. The molecule has 0 bridgehead atoms. The minimum Gasteiger partial charge on any atom is -0.462 e. The molecule has 0 fully saturated rings. The molecule has 4 aromatic rings. The summed E-state index contributed by atoms with van der Waals surface area (Å²) in [6.07, 6.45) is 0. The monoisotopic (exact) mass is 472 g/mol. The normalized spacial score (nSPS) is 11.1. The summed E-state index contributed by atoms with van der Waals surface area (Å²) in [5, 5.41) is 0.959. The highest BCUT2D eigenvalue weighted by Crippen LogP contribution is 2.30. The van der Waals surface area contributed by atoms with Crippen molar-refractivity contribution in [1.82, 2.24) is 9.55 Å². The summed E-state index contributed by atoms with van der Waals surface area (Å²) in [7, 11) is 0. The van der Waals surface area contributed by atoms with Crippen LogP contribution in [0.2, 0.25) is 5.02 Å². The predicted octanol–water partition coefficient (Wildman–Crippen LogP) is 6.49. The topological polar surface area (TPSA) is 44.1 Å². The van der Waals surface area contributed by atoms with Gasteiger partial charge in [0.15, 0.2) is 5.16 Å². The van der Waals surface area contributed by atoms with Gasteiger partial charge in [-0.15, -0.1) is 0 Å². The summed E-state index contributed by atoms with van der Waals surface area (Å²) in [4.78, 5) is 16.8. The van der Waals surface area contributed by atoms with Gasteiger partial charge < -0.3 is 9.30 Å². The maximum absolute atomic E-state index is 14.2. The molecule has 4 nitrogen and oxygen atoms in total. The zero-order chi connectivity index (χ0) is 22.7. The number of imidazole rings is 1. The molecule has 1 aromatic heterocycles. The third kappa shape index (κ3) is 4.95. The number of rotatable bonds is 7. The third-order valence-corrected chi connectivity index (χ3v) is 6.09. The fourth-order valence-corrected chi connectivity index (χ4v) is 4.47. The van der Waals surface area contributed by atoms with Gasteiger partial charge in [-0.1, -0.05) is 41.6 Å². The maximum atomic E-state index is 14.2. The van der Waals surface area contributed by atoms with Gasteiger partial charge in [0.05, 0.1) is 29.7 Å². The molecule has 3 aromatic carbocycles. The maximum Gasteiger partial charge on any atom is 0.338 e. The number of fused-ring (bicyclic) bond motifs is 1. The van der Waals surface area contributed by atoms with Crippen LogP contribution >= 0.6 is 23.4 Å². The zero-order valence-corrected chi connectivity index (χ0v) is 18.7. The molecule has 0 saturated heterocycles. The second-order valence-electron chi connectivity index (χ2n) is 7.06. The molecule has 0 aliphatic heterocycles. The number of thioether (sulfide) groups is 1. The lowest BCUT2D eigenvalue weighted by Gasteiger charge is -2.10. The summed E-state index contributed by atoms with van der Waals surface area (Å²) >= 11 is 7.20. The third-order valence-electron chi connectivity index (χ3n) is 4.83. The van der Waals surface area contributed by atoms with E-state index in [0.717, 1.165) is 11.1 Å². The SMILES string of the molecule is CCOC(=O)c1ccc2c(c1)nc(SCc1ccc(Cl)cc1F)n2Cc1cccc(F)c1.